The molecule has 1 atom stereocenters. The molecule has 5 nitrogen and oxygen atoms in total. The van der Waals surface area contributed by atoms with Crippen molar-refractivity contribution in [2.45, 2.75) is 25.8 Å². The summed E-state index contributed by atoms with van der Waals surface area (Å²) >= 11 is 3.48. The Hall–Kier alpha value is -0.820. The molecule has 0 bridgehead atoms. The minimum absolute atomic E-state index is 0.0665. The predicted octanol–water partition coefficient (Wildman–Crippen LogP) is 2.56. The summed E-state index contributed by atoms with van der Waals surface area (Å²) in [6.45, 7) is 2.68. The van der Waals surface area contributed by atoms with E-state index < -0.39 is 0 Å². The predicted molar refractivity (Wildman–Crippen MR) is 81.4 cm³/mol. The lowest BCUT2D eigenvalue weighted by Crippen LogP contribution is -2.39. The minimum atomic E-state index is -0.279. The van der Waals surface area contributed by atoms with Crippen molar-refractivity contribution in [2.24, 2.45) is 0 Å². The van der Waals surface area contributed by atoms with Gasteiger partial charge in [0, 0.05) is 20.8 Å². The highest BCUT2D eigenvalue weighted by Gasteiger charge is 2.16. The average Bonchev–Trinajstić information content (AvgIpc) is 2.45. The number of halogens is 1. The number of nitrogens with one attached hydrogen (secondary N) is 1. The highest BCUT2D eigenvalue weighted by Crippen LogP contribution is 2.36. The minimum Gasteiger partial charge on any atom is -0.493 e. The first-order chi connectivity index (χ1) is 9.57. The molecule has 114 valence electrons. The lowest BCUT2D eigenvalue weighted by Gasteiger charge is -2.22. The molecule has 20 heavy (non-hydrogen) atoms. The Morgan fingerprint density at radius 1 is 1.10 bits per heavy atom. The summed E-state index contributed by atoms with van der Waals surface area (Å²) in [7, 11) is 6.49. The molecule has 0 aromatic heterocycles. The van der Waals surface area contributed by atoms with E-state index in [1.54, 1.807) is 28.4 Å². The fourth-order valence-corrected chi connectivity index (χ4v) is 2.60. The molecular formula is C14H22BrNO4. The fraction of sp³-hybridized carbons (Fsp3) is 0.571. The maximum absolute atomic E-state index is 5.32. The monoisotopic (exact) mass is 347 g/mol. The second-order valence-corrected chi connectivity index (χ2v) is 5.18. The van der Waals surface area contributed by atoms with Gasteiger partial charge in [-0.3, -0.25) is 0 Å². The molecule has 1 unspecified atom stereocenters. The Kier molecular flexibility index (Phi) is 7.29. The van der Waals surface area contributed by atoms with E-state index in [2.05, 4.69) is 21.2 Å². The number of rotatable bonds is 8. The quantitative estimate of drug-likeness (QED) is 0.732. The summed E-state index contributed by atoms with van der Waals surface area (Å²) in [6, 6.07) is 4.00. The first-order valence-corrected chi connectivity index (χ1v) is 7.06. The summed E-state index contributed by atoms with van der Waals surface area (Å²) in [5, 5.41) is 3.35. The highest BCUT2D eigenvalue weighted by molar-refractivity contribution is 9.10. The topological polar surface area (TPSA) is 49.0 Å². The van der Waals surface area contributed by atoms with Crippen molar-refractivity contribution in [3.63, 3.8) is 0 Å². The lowest BCUT2D eigenvalue weighted by molar-refractivity contribution is -0.119. The van der Waals surface area contributed by atoms with Crippen LogP contribution in [0.3, 0.4) is 0 Å². The average molecular weight is 348 g/mol. The van der Waals surface area contributed by atoms with E-state index in [1.807, 2.05) is 19.1 Å². The van der Waals surface area contributed by atoms with Gasteiger partial charge in [0.2, 0.25) is 0 Å². The van der Waals surface area contributed by atoms with Crippen LogP contribution in [0, 0.1) is 0 Å². The Balaban J connectivity index is 2.76. The van der Waals surface area contributed by atoms with Crippen molar-refractivity contribution in [3.8, 4) is 11.5 Å². The van der Waals surface area contributed by atoms with Crippen molar-refractivity contribution in [2.75, 3.05) is 28.4 Å². The normalized spacial score (nSPS) is 12.6. The number of hydrogen-bond acceptors (Lipinski definition) is 5. The van der Waals surface area contributed by atoms with Crippen molar-refractivity contribution < 1.29 is 18.9 Å². The van der Waals surface area contributed by atoms with Gasteiger partial charge in [-0.2, -0.15) is 0 Å². The molecular weight excluding hydrogens is 326 g/mol. The van der Waals surface area contributed by atoms with E-state index in [0.717, 1.165) is 10.0 Å². The molecule has 6 heteroatoms. The van der Waals surface area contributed by atoms with E-state index in [-0.39, 0.29) is 12.3 Å². The Morgan fingerprint density at radius 2 is 1.75 bits per heavy atom. The molecule has 0 spiro atoms. The molecule has 0 aliphatic carbocycles. The van der Waals surface area contributed by atoms with Gasteiger partial charge in [0.1, 0.15) is 0 Å². The van der Waals surface area contributed by atoms with E-state index in [0.29, 0.717) is 18.0 Å². The van der Waals surface area contributed by atoms with Gasteiger partial charge in [0.05, 0.1) is 24.7 Å². The molecule has 1 N–H and O–H groups in total. The number of methoxy groups -OCH3 is 4. The zero-order valence-electron chi connectivity index (χ0n) is 12.5. The zero-order valence-corrected chi connectivity index (χ0v) is 14.1. The maximum Gasteiger partial charge on any atom is 0.174 e. The smallest absolute Gasteiger partial charge is 0.174 e. The molecule has 1 aromatic rings. The van der Waals surface area contributed by atoms with Gasteiger partial charge in [0.15, 0.2) is 17.8 Å². The summed E-state index contributed by atoms with van der Waals surface area (Å²) in [6.07, 6.45) is -0.279. The molecule has 1 rings (SSSR count). The van der Waals surface area contributed by atoms with Crippen LogP contribution in [-0.4, -0.2) is 40.8 Å². The van der Waals surface area contributed by atoms with Crippen molar-refractivity contribution >= 4 is 15.9 Å². The van der Waals surface area contributed by atoms with Crippen LogP contribution in [0.4, 0.5) is 0 Å². The lowest BCUT2D eigenvalue weighted by atomic mass is 10.2. The molecule has 0 amide bonds. The molecule has 0 radical (unpaired) electrons. The Labute approximate surface area is 128 Å². The van der Waals surface area contributed by atoms with Crippen LogP contribution in [0.25, 0.3) is 0 Å². The molecule has 0 heterocycles. The molecule has 1 aromatic carbocycles. The van der Waals surface area contributed by atoms with Gasteiger partial charge in [-0.1, -0.05) is 0 Å². The first kappa shape index (κ1) is 17.2. The van der Waals surface area contributed by atoms with Crippen molar-refractivity contribution in [1.82, 2.24) is 5.32 Å². The first-order valence-electron chi connectivity index (χ1n) is 6.26. The summed E-state index contributed by atoms with van der Waals surface area (Å²) in [5.41, 5.74) is 1.08. The van der Waals surface area contributed by atoms with Crippen LogP contribution in [0.1, 0.15) is 12.5 Å². The van der Waals surface area contributed by atoms with Gasteiger partial charge in [-0.25, -0.2) is 0 Å². The van der Waals surface area contributed by atoms with Crippen LogP contribution in [-0.2, 0) is 16.0 Å². The fourth-order valence-electron chi connectivity index (χ4n) is 1.95. The highest BCUT2D eigenvalue weighted by atomic mass is 79.9. The van der Waals surface area contributed by atoms with E-state index >= 15 is 0 Å². The molecule has 0 aliphatic heterocycles. The van der Waals surface area contributed by atoms with Gasteiger partial charge < -0.3 is 24.3 Å². The third kappa shape index (κ3) is 4.34. The third-order valence-electron chi connectivity index (χ3n) is 2.99. The van der Waals surface area contributed by atoms with E-state index in [1.165, 1.54) is 0 Å². The van der Waals surface area contributed by atoms with Crippen LogP contribution < -0.4 is 14.8 Å². The van der Waals surface area contributed by atoms with Gasteiger partial charge >= 0.3 is 0 Å². The largest absolute Gasteiger partial charge is 0.493 e. The number of ether oxygens (including phenoxy) is 4. The van der Waals surface area contributed by atoms with Crippen molar-refractivity contribution in [3.05, 3.63) is 22.2 Å². The second-order valence-electron chi connectivity index (χ2n) is 4.32. The summed E-state index contributed by atoms with van der Waals surface area (Å²) in [4.78, 5) is 0. The maximum atomic E-state index is 5.32. The third-order valence-corrected chi connectivity index (χ3v) is 3.58. The SMILES string of the molecule is COc1cc(CNC(C)C(OC)OC)cc(Br)c1OC. The number of hydrogen-bond donors (Lipinski definition) is 1. The molecule has 0 saturated heterocycles. The molecule has 0 saturated carbocycles. The van der Waals surface area contributed by atoms with E-state index in [9.17, 15) is 0 Å². The standard InChI is InChI=1S/C14H22BrNO4/c1-9(14(19-4)20-5)16-8-10-6-11(15)13(18-3)12(7-10)17-2/h6-7,9,14,16H,8H2,1-5H3. The molecule has 0 aliphatic rings. The van der Waals surface area contributed by atoms with Gasteiger partial charge in [0.25, 0.3) is 0 Å². The zero-order chi connectivity index (χ0) is 15.1. The van der Waals surface area contributed by atoms with Crippen LogP contribution in [0.15, 0.2) is 16.6 Å². The van der Waals surface area contributed by atoms with Crippen LogP contribution >= 0.6 is 15.9 Å². The second kappa shape index (κ2) is 8.46. The van der Waals surface area contributed by atoms with Gasteiger partial charge in [-0.05, 0) is 40.5 Å². The summed E-state index contributed by atoms with van der Waals surface area (Å²) < 4.78 is 21.9. The summed E-state index contributed by atoms with van der Waals surface area (Å²) in [5.74, 6) is 1.39. The van der Waals surface area contributed by atoms with Crippen molar-refractivity contribution in [1.29, 1.82) is 0 Å². The Bertz CT molecular complexity index is 424. The van der Waals surface area contributed by atoms with Crippen LogP contribution in [0.2, 0.25) is 0 Å². The molecule has 0 fully saturated rings. The van der Waals surface area contributed by atoms with Crippen LogP contribution in [0.5, 0.6) is 11.5 Å². The van der Waals surface area contributed by atoms with Gasteiger partial charge in [-0.15, -0.1) is 0 Å². The van der Waals surface area contributed by atoms with E-state index in [4.69, 9.17) is 18.9 Å². The number of benzene rings is 1. The Morgan fingerprint density at radius 3 is 2.25 bits per heavy atom.